The Morgan fingerprint density at radius 2 is 1.33 bits per heavy atom. The molecule has 2 N–H and O–H groups in total. The molecule has 0 amide bonds. The summed E-state index contributed by atoms with van der Waals surface area (Å²) in [6, 6.07) is 20.8. The van der Waals surface area contributed by atoms with Crippen LogP contribution in [0, 0.1) is 5.92 Å². The molecule has 2 unspecified atom stereocenters. The average molecular weight is 525 g/mol. The van der Waals surface area contributed by atoms with E-state index < -0.39 is 5.66 Å². The van der Waals surface area contributed by atoms with E-state index in [1.165, 1.54) is 0 Å². The molecule has 0 bridgehead atoms. The number of hydrogen-bond acceptors (Lipinski definition) is 5. The first kappa shape index (κ1) is 25.1. The Morgan fingerprint density at radius 3 is 1.81 bits per heavy atom. The fourth-order valence-electron chi connectivity index (χ4n) is 5.60. The Hall–Kier alpha value is -2.57. The quantitative estimate of drug-likeness (QED) is 0.364. The van der Waals surface area contributed by atoms with Gasteiger partial charge in [0.1, 0.15) is 11.5 Å². The van der Waals surface area contributed by atoms with E-state index in [0.29, 0.717) is 21.5 Å². The summed E-state index contributed by atoms with van der Waals surface area (Å²) in [4.78, 5) is 14.4. The lowest BCUT2D eigenvalue weighted by Gasteiger charge is -2.33. The number of methoxy groups -OCH3 is 2. The number of ether oxygens (including phenoxy) is 2. The van der Waals surface area contributed by atoms with Gasteiger partial charge in [0.25, 0.3) is 0 Å². The van der Waals surface area contributed by atoms with Gasteiger partial charge in [0.05, 0.1) is 26.3 Å². The van der Waals surface area contributed by atoms with Crippen molar-refractivity contribution in [2.24, 2.45) is 5.92 Å². The van der Waals surface area contributed by atoms with E-state index in [2.05, 4.69) is 10.6 Å². The Balaban J connectivity index is 1.68. The highest BCUT2D eigenvalue weighted by Crippen LogP contribution is 2.47. The number of hydrogen-bond donors (Lipinski definition) is 2. The first-order chi connectivity index (χ1) is 17.4. The number of rotatable bonds is 7. The molecule has 1 saturated heterocycles. The minimum absolute atomic E-state index is 0.0355. The second kappa shape index (κ2) is 10.4. The molecule has 7 heteroatoms. The fraction of sp³-hybridized carbons (Fsp3) is 0.345. The van der Waals surface area contributed by atoms with Crippen molar-refractivity contribution >= 4 is 29.0 Å². The van der Waals surface area contributed by atoms with E-state index >= 15 is 0 Å². The molecule has 0 radical (unpaired) electrons. The molecule has 1 saturated carbocycles. The molecule has 3 aromatic carbocycles. The molecule has 5 nitrogen and oxygen atoms in total. The molecule has 2 atom stereocenters. The van der Waals surface area contributed by atoms with Gasteiger partial charge in [-0.1, -0.05) is 60.3 Å². The van der Waals surface area contributed by atoms with Gasteiger partial charge in [-0.2, -0.15) is 0 Å². The number of benzene rings is 3. The van der Waals surface area contributed by atoms with Crippen LogP contribution in [0.2, 0.25) is 10.0 Å². The van der Waals surface area contributed by atoms with Crippen molar-refractivity contribution in [3.8, 4) is 11.5 Å². The van der Waals surface area contributed by atoms with Gasteiger partial charge in [0.2, 0.25) is 0 Å². The molecule has 1 heterocycles. The van der Waals surface area contributed by atoms with Crippen molar-refractivity contribution in [1.29, 1.82) is 0 Å². The van der Waals surface area contributed by atoms with E-state index in [0.717, 1.165) is 42.4 Å². The molecule has 2 aliphatic rings. The van der Waals surface area contributed by atoms with E-state index in [9.17, 15) is 4.79 Å². The highest BCUT2D eigenvalue weighted by atomic mass is 35.5. The predicted octanol–water partition coefficient (Wildman–Crippen LogP) is 6.60. The maximum atomic E-state index is 14.4. The zero-order valence-corrected chi connectivity index (χ0v) is 21.9. The van der Waals surface area contributed by atoms with Crippen molar-refractivity contribution in [2.75, 3.05) is 14.2 Å². The van der Waals surface area contributed by atoms with Gasteiger partial charge in [-0.3, -0.25) is 15.4 Å². The second-order valence-electron chi connectivity index (χ2n) is 9.51. The summed E-state index contributed by atoms with van der Waals surface area (Å²) in [6.07, 6.45) is 3.90. The molecule has 0 aromatic heterocycles. The fourth-order valence-corrected chi connectivity index (χ4v) is 5.85. The minimum atomic E-state index is -1.15. The highest BCUT2D eigenvalue weighted by Gasteiger charge is 2.54. The number of halogens is 2. The van der Waals surface area contributed by atoms with Crippen molar-refractivity contribution in [3.05, 3.63) is 93.5 Å². The van der Waals surface area contributed by atoms with Gasteiger partial charge in [-0.05, 0) is 60.4 Å². The summed E-state index contributed by atoms with van der Waals surface area (Å²) < 4.78 is 11.2. The third-order valence-corrected chi connectivity index (χ3v) is 7.95. The number of nitrogens with one attached hydrogen (secondary N) is 2. The van der Waals surface area contributed by atoms with Crippen LogP contribution in [0.15, 0.2) is 66.7 Å². The van der Waals surface area contributed by atoms with Gasteiger partial charge in [0, 0.05) is 27.6 Å². The summed E-state index contributed by atoms with van der Waals surface area (Å²) in [5.41, 5.74) is 1.65. The number of carbonyl (C=O) groups excluding carboxylic acids is 1. The van der Waals surface area contributed by atoms with E-state index in [1.54, 1.807) is 14.2 Å². The SMILES string of the molecule is COc1ccc(C2(C(=O)C3CCCC3)NC(c3ccc(Cl)cc3)C(c3ccc(Cl)cc3)N2)c(OC)c1. The van der Waals surface area contributed by atoms with Crippen LogP contribution < -0.4 is 20.1 Å². The summed E-state index contributed by atoms with van der Waals surface area (Å²) in [5.74, 6) is 1.36. The standard InChI is InChI=1S/C29H30Cl2N2O3/c1-35-23-15-16-24(25(17-23)36-2)29(28(34)20-5-3-4-6-20)32-26(18-7-11-21(30)12-8-18)27(33-29)19-9-13-22(31)14-10-19/h7-17,20,26-27,32-33H,3-6H2,1-2H3. The van der Waals surface area contributed by atoms with E-state index in [-0.39, 0.29) is 23.8 Å². The molecular formula is C29H30Cl2N2O3. The number of Topliss-reactive ketones (excluding diaryl/α,β-unsaturated/α-hetero) is 1. The van der Waals surface area contributed by atoms with Gasteiger partial charge in [0.15, 0.2) is 11.4 Å². The van der Waals surface area contributed by atoms with Gasteiger partial charge in [-0.25, -0.2) is 0 Å². The lowest BCUT2D eigenvalue weighted by Crippen LogP contribution is -2.55. The van der Waals surface area contributed by atoms with E-state index in [1.807, 2.05) is 66.7 Å². The van der Waals surface area contributed by atoms with Gasteiger partial charge < -0.3 is 9.47 Å². The van der Waals surface area contributed by atoms with Crippen LogP contribution in [-0.2, 0) is 10.5 Å². The zero-order valence-electron chi connectivity index (χ0n) is 20.4. The summed E-state index contributed by atoms with van der Waals surface area (Å²) in [5, 5.41) is 8.83. The van der Waals surface area contributed by atoms with Gasteiger partial charge >= 0.3 is 0 Å². The zero-order chi connectivity index (χ0) is 25.3. The number of carbonyl (C=O) groups is 1. The topological polar surface area (TPSA) is 59.6 Å². The Kier molecular flexibility index (Phi) is 7.27. The second-order valence-corrected chi connectivity index (χ2v) is 10.4. The Morgan fingerprint density at radius 1 is 0.806 bits per heavy atom. The van der Waals surface area contributed by atoms with Crippen molar-refractivity contribution in [3.63, 3.8) is 0 Å². The predicted molar refractivity (Wildman–Crippen MR) is 143 cm³/mol. The van der Waals surface area contributed by atoms with Crippen LogP contribution in [0.1, 0.15) is 54.5 Å². The lowest BCUT2D eigenvalue weighted by atomic mass is 9.85. The third kappa shape index (κ3) is 4.61. The first-order valence-corrected chi connectivity index (χ1v) is 13.0. The van der Waals surface area contributed by atoms with Crippen LogP contribution in [0.25, 0.3) is 0 Å². The van der Waals surface area contributed by atoms with Crippen LogP contribution in [-0.4, -0.2) is 20.0 Å². The average Bonchev–Trinajstić information content (AvgIpc) is 3.58. The Bertz CT molecular complexity index is 1170. The molecule has 5 rings (SSSR count). The van der Waals surface area contributed by atoms with Crippen LogP contribution in [0.5, 0.6) is 11.5 Å². The molecule has 36 heavy (non-hydrogen) atoms. The molecule has 0 spiro atoms. The molecule has 188 valence electrons. The largest absolute Gasteiger partial charge is 0.497 e. The smallest absolute Gasteiger partial charge is 0.175 e. The van der Waals surface area contributed by atoms with E-state index in [4.69, 9.17) is 32.7 Å². The van der Waals surface area contributed by atoms with Gasteiger partial charge in [-0.15, -0.1) is 0 Å². The Labute approximate surface area is 222 Å². The minimum Gasteiger partial charge on any atom is -0.497 e. The highest BCUT2D eigenvalue weighted by molar-refractivity contribution is 6.30. The number of ketones is 1. The normalized spacial score (nSPS) is 24.1. The first-order valence-electron chi connectivity index (χ1n) is 12.3. The van der Waals surface area contributed by atoms with Crippen molar-refractivity contribution < 1.29 is 14.3 Å². The van der Waals surface area contributed by atoms with Crippen LogP contribution in [0.4, 0.5) is 0 Å². The molecule has 3 aromatic rings. The molecule has 1 aliphatic heterocycles. The monoisotopic (exact) mass is 524 g/mol. The van der Waals surface area contributed by atoms with Crippen molar-refractivity contribution in [2.45, 2.75) is 43.4 Å². The maximum absolute atomic E-state index is 14.4. The third-order valence-electron chi connectivity index (χ3n) is 7.44. The van der Waals surface area contributed by atoms with Crippen LogP contribution in [0.3, 0.4) is 0 Å². The summed E-state index contributed by atoms with van der Waals surface area (Å²) in [7, 11) is 3.24. The van der Waals surface area contributed by atoms with Crippen molar-refractivity contribution in [1.82, 2.24) is 10.6 Å². The molecular weight excluding hydrogens is 495 g/mol. The molecule has 2 fully saturated rings. The summed E-state index contributed by atoms with van der Waals surface area (Å²) >= 11 is 12.4. The molecule has 1 aliphatic carbocycles. The lowest BCUT2D eigenvalue weighted by molar-refractivity contribution is -0.130. The maximum Gasteiger partial charge on any atom is 0.175 e. The summed E-state index contributed by atoms with van der Waals surface area (Å²) in [6.45, 7) is 0. The van der Waals surface area contributed by atoms with Crippen LogP contribution >= 0.6 is 23.2 Å².